The van der Waals surface area contributed by atoms with Crippen molar-refractivity contribution in [3.8, 4) is 22.8 Å². The number of ether oxygens (including phenoxy) is 1. The number of aromatic hydroxyl groups is 1. The molecule has 3 aromatic rings. The molecule has 1 aliphatic rings. The molecule has 0 unspecified atom stereocenters. The second-order valence-corrected chi connectivity index (χ2v) is 10.3. The van der Waals surface area contributed by atoms with E-state index in [0.29, 0.717) is 46.3 Å². The molecule has 182 valence electrons. The van der Waals surface area contributed by atoms with Crippen molar-refractivity contribution in [2.75, 3.05) is 0 Å². The summed E-state index contributed by atoms with van der Waals surface area (Å²) in [6.07, 6.45) is 5.70. The third-order valence-electron chi connectivity index (χ3n) is 5.79. The van der Waals surface area contributed by atoms with Crippen molar-refractivity contribution in [3.63, 3.8) is 0 Å². The lowest BCUT2D eigenvalue weighted by molar-refractivity contribution is 0.0932. The molecule has 0 atom stereocenters. The van der Waals surface area contributed by atoms with Crippen molar-refractivity contribution in [2.24, 2.45) is 5.41 Å². The van der Waals surface area contributed by atoms with E-state index in [9.17, 15) is 14.7 Å². The van der Waals surface area contributed by atoms with E-state index in [1.165, 1.54) is 0 Å². The van der Waals surface area contributed by atoms with E-state index in [1.807, 2.05) is 39.0 Å². The summed E-state index contributed by atoms with van der Waals surface area (Å²) in [5.74, 6) is 0.260. The molecule has 0 aliphatic heterocycles. The van der Waals surface area contributed by atoms with Crippen molar-refractivity contribution in [1.82, 2.24) is 15.3 Å². The zero-order valence-corrected chi connectivity index (χ0v) is 20.6. The normalized spacial score (nSPS) is 13.4. The highest BCUT2D eigenvalue weighted by Crippen LogP contribution is 2.33. The van der Waals surface area contributed by atoms with E-state index in [0.717, 1.165) is 18.4 Å². The Morgan fingerprint density at radius 2 is 1.89 bits per heavy atom. The molecule has 1 heterocycles. The van der Waals surface area contributed by atoms with Gasteiger partial charge in [0.15, 0.2) is 5.78 Å². The third-order valence-corrected chi connectivity index (χ3v) is 5.79. The van der Waals surface area contributed by atoms with E-state index >= 15 is 0 Å². The number of rotatable bonds is 8. The van der Waals surface area contributed by atoms with Crippen LogP contribution in [-0.4, -0.2) is 32.8 Å². The molecule has 0 bridgehead atoms. The van der Waals surface area contributed by atoms with Gasteiger partial charge < -0.3 is 15.2 Å². The molecule has 0 saturated heterocycles. The summed E-state index contributed by atoms with van der Waals surface area (Å²) in [6.45, 7) is 7.84. The van der Waals surface area contributed by atoms with Gasteiger partial charge in [0.2, 0.25) is 0 Å². The number of benzene rings is 2. The zero-order chi connectivity index (χ0) is 25.2. The van der Waals surface area contributed by atoms with Gasteiger partial charge in [0.05, 0.1) is 29.3 Å². The smallest absolute Gasteiger partial charge is 0.251 e. The van der Waals surface area contributed by atoms with Gasteiger partial charge in [0, 0.05) is 29.2 Å². The van der Waals surface area contributed by atoms with Crippen molar-refractivity contribution >= 4 is 11.7 Å². The number of amides is 1. The molecule has 35 heavy (non-hydrogen) atoms. The molecule has 1 saturated carbocycles. The van der Waals surface area contributed by atoms with Gasteiger partial charge in [-0.3, -0.25) is 19.6 Å². The van der Waals surface area contributed by atoms with Crippen LogP contribution in [0.2, 0.25) is 0 Å². The number of carbonyl (C=O) groups is 2. The molecule has 7 nitrogen and oxygen atoms in total. The first kappa shape index (κ1) is 24.4. The molecule has 7 heteroatoms. The Morgan fingerprint density at radius 1 is 1.11 bits per heavy atom. The van der Waals surface area contributed by atoms with Gasteiger partial charge in [-0.15, -0.1) is 0 Å². The molecular formula is C28H31N3O4. The van der Waals surface area contributed by atoms with Gasteiger partial charge in [-0.2, -0.15) is 0 Å². The van der Waals surface area contributed by atoms with Crippen LogP contribution in [0.1, 0.15) is 72.0 Å². The van der Waals surface area contributed by atoms with E-state index in [1.54, 1.807) is 37.5 Å². The topological polar surface area (TPSA) is 101 Å². The van der Waals surface area contributed by atoms with Crippen molar-refractivity contribution < 1.29 is 19.4 Å². The SMILES string of the molecule is Cc1c(OCc2cnc(-c3cccc(C(=O)NC4CC4)c3)cn2)ccc(C(=O)CC(C)(C)C)c1O. The van der Waals surface area contributed by atoms with Crippen LogP contribution in [0, 0.1) is 12.3 Å². The lowest BCUT2D eigenvalue weighted by atomic mass is 9.87. The quantitative estimate of drug-likeness (QED) is 0.434. The fourth-order valence-corrected chi connectivity index (χ4v) is 3.69. The van der Waals surface area contributed by atoms with Crippen molar-refractivity contribution in [1.29, 1.82) is 0 Å². The monoisotopic (exact) mass is 473 g/mol. The van der Waals surface area contributed by atoms with Crippen LogP contribution in [0.25, 0.3) is 11.3 Å². The predicted molar refractivity (Wildman–Crippen MR) is 134 cm³/mol. The number of phenols is 1. The highest BCUT2D eigenvalue weighted by Gasteiger charge is 2.24. The summed E-state index contributed by atoms with van der Waals surface area (Å²) in [5, 5.41) is 13.6. The van der Waals surface area contributed by atoms with Gasteiger partial charge in [-0.25, -0.2) is 0 Å². The molecule has 4 rings (SSSR count). The lowest BCUT2D eigenvalue weighted by Gasteiger charge is -2.18. The van der Waals surface area contributed by atoms with Gasteiger partial charge >= 0.3 is 0 Å². The number of Topliss-reactive ketones (excluding diaryl/α,β-unsaturated/α-hetero) is 1. The molecule has 0 spiro atoms. The van der Waals surface area contributed by atoms with Crippen LogP contribution in [0.5, 0.6) is 11.5 Å². The summed E-state index contributed by atoms with van der Waals surface area (Å²) >= 11 is 0. The van der Waals surface area contributed by atoms with Crippen LogP contribution in [0.3, 0.4) is 0 Å². The van der Waals surface area contributed by atoms with Crippen LogP contribution in [0.4, 0.5) is 0 Å². The van der Waals surface area contributed by atoms with Crippen molar-refractivity contribution in [3.05, 3.63) is 71.2 Å². The molecule has 1 amide bonds. The molecular weight excluding hydrogens is 442 g/mol. The third kappa shape index (κ3) is 6.23. The summed E-state index contributed by atoms with van der Waals surface area (Å²) in [6, 6.07) is 10.9. The van der Waals surface area contributed by atoms with E-state index in [2.05, 4.69) is 15.3 Å². The lowest BCUT2D eigenvalue weighted by Crippen LogP contribution is -2.25. The second kappa shape index (κ2) is 9.86. The number of nitrogens with zero attached hydrogens (tertiary/aromatic N) is 2. The van der Waals surface area contributed by atoms with E-state index < -0.39 is 0 Å². The molecule has 1 fully saturated rings. The highest BCUT2D eigenvalue weighted by molar-refractivity contribution is 5.99. The van der Waals surface area contributed by atoms with Crippen LogP contribution in [0.15, 0.2) is 48.8 Å². The first-order valence-corrected chi connectivity index (χ1v) is 11.8. The second-order valence-electron chi connectivity index (χ2n) is 10.3. The maximum atomic E-state index is 12.5. The Hall–Kier alpha value is -3.74. The number of carbonyl (C=O) groups excluding carboxylic acids is 2. The number of ketones is 1. The minimum Gasteiger partial charge on any atom is -0.507 e. The number of hydrogen-bond donors (Lipinski definition) is 2. The summed E-state index contributed by atoms with van der Waals surface area (Å²) in [4.78, 5) is 33.8. The summed E-state index contributed by atoms with van der Waals surface area (Å²) in [5.41, 5.74) is 3.33. The Kier molecular flexibility index (Phi) is 6.87. The minimum atomic E-state index is -0.165. The molecule has 2 N–H and O–H groups in total. The van der Waals surface area contributed by atoms with Gasteiger partial charge in [-0.1, -0.05) is 32.9 Å². The standard InChI is InChI=1S/C28H31N3O4/c1-17-25(11-10-22(26(17)33)24(32)13-28(2,3)4)35-16-21-14-30-23(15-29-21)18-6-5-7-19(12-18)27(34)31-20-8-9-20/h5-7,10-12,14-15,20,33H,8-9,13,16H2,1-4H3,(H,31,34). The van der Waals surface area contributed by atoms with E-state index in [4.69, 9.17) is 4.74 Å². The Morgan fingerprint density at radius 3 is 2.54 bits per heavy atom. The number of nitrogens with one attached hydrogen (secondary N) is 1. The average molecular weight is 474 g/mol. The van der Waals surface area contributed by atoms with Gasteiger partial charge in [-0.05, 0) is 49.4 Å². The van der Waals surface area contributed by atoms with Gasteiger partial charge in [0.1, 0.15) is 18.1 Å². The predicted octanol–water partition coefficient (Wildman–Crippen LogP) is 5.25. The first-order chi connectivity index (χ1) is 16.6. The van der Waals surface area contributed by atoms with E-state index in [-0.39, 0.29) is 29.5 Å². The summed E-state index contributed by atoms with van der Waals surface area (Å²) in [7, 11) is 0. The number of aromatic nitrogens is 2. The van der Waals surface area contributed by atoms with Crippen molar-refractivity contribution in [2.45, 2.75) is 59.6 Å². The zero-order valence-electron chi connectivity index (χ0n) is 20.6. The fraction of sp³-hybridized carbons (Fsp3) is 0.357. The fourth-order valence-electron chi connectivity index (χ4n) is 3.69. The summed E-state index contributed by atoms with van der Waals surface area (Å²) < 4.78 is 5.85. The Labute approximate surface area is 205 Å². The number of phenolic OH excluding ortho intramolecular Hbond substituents is 1. The molecule has 1 aliphatic carbocycles. The molecule has 0 radical (unpaired) electrons. The van der Waals surface area contributed by atoms with Gasteiger partial charge in [0.25, 0.3) is 5.91 Å². The van der Waals surface area contributed by atoms with Crippen LogP contribution >= 0.6 is 0 Å². The maximum absolute atomic E-state index is 12.5. The Bertz CT molecular complexity index is 1240. The minimum absolute atomic E-state index is 0.0520. The van der Waals surface area contributed by atoms with Crippen LogP contribution < -0.4 is 10.1 Å². The number of hydrogen-bond acceptors (Lipinski definition) is 6. The van der Waals surface area contributed by atoms with Crippen LogP contribution in [-0.2, 0) is 6.61 Å². The average Bonchev–Trinajstić information content (AvgIpc) is 3.63. The Balaban J connectivity index is 1.41. The largest absolute Gasteiger partial charge is 0.507 e. The maximum Gasteiger partial charge on any atom is 0.251 e. The molecule has 1 aromatic heterocycles. The highest BCUT2D eigenvalue weighted by atomic mass is 16.5. The first-order valence-electron chi connectivity index (χ1n) is 11.8. The molecule has 2 aromatic carbocycles.